The number of aryl methyl sites for hydroxylation is 3. The summed E-state index contributed by atoms with van der Waals surface area (Å²) < 4.78 is 14.4. The Morgan fingerprint density at radius 1 is 1.00 bits per heavy atom. The summed E-state index contributed by atoms with van der Waals surface area (Å²) in [5.74, 6) is -0.603. The summed E-state index contributed by atoms with van der Waals surface area (Å²) >= 11 is 0. The van der Waals surface area contributed by atoms with Crippen molar-refractivity contribution in [1.82, 2.24) is 14.8 Å². The van der Waals surface area contributed by atoms with Gasteiger partial charge < -0.3 is 10.6 Å². The molecule has 2 amide bonds. The molecule has 0 atom stereocenters. The van der Waals surface area contributed by atoms with Gasteiger partial charge in [0.2, 0.25) is 11.8 Å². The number of anilines is 2. The number of carbonyl (C=O) groups excluding carboxylic acids is 2. The van der Waals surface area contributed by atoms with Crippen LogP contribution in [0.5, 0.6) is 0 Å². The maximum atomic E-state index is 13.0. The summed E-state index contributed by atoms with van der Waals surface area (Å²) in [6.45, 7) is 5.98. The lowest BCUT2D eigenvalue weighted by atomic mass is 10.0. The van der Waals surface area contributed by atoms with E-state index in [1.165, 1.54) is 35.1 Å². The number of pyridine rings is 1. The van der Waals surface area contributed by atoms with Crippen LogP contribution in [-0.2, 0) is 9.59 Å². The van der Waals surface area contributed by atoms with Crippen molar-refractivity contribution in [2.24, 2.45) is 0 Å². The number of hydrogen-bond donors (Lipinski definition) is 2. The topological polar surface area (TPSA) is 113 Å². The second-order valence-electron chi connectivity index (χ2n) is 8.31. The van der Waals surface area contributed by atoms with Crippen molar-refractivity contribution in [3.8, 4) is 11.9 Å². The highest BCUT2D eigenvalue weighted by Gasteiger charge is 2.18. The highest BCUT2D eigenvalue weighted by molar-refractivity contribution is 5.97. The average molecular weight is 471 g/mol. The van der Waals surface area contributed by atoms with E-state index in [2.05, 4.69) is 21.8 Å². The fourth-order valence-electron chi connectivity index (χ4n) is 3.84. The Hall–Kier alpha value is -4.58. The molecular weight excluding hydrogens is 447 g/mol. The number of carbonyl (C=O) groups is 2. The van der Waals surface area contributed by atoms with E-state index >= 15 is 0 Å². The third-order valence-corrected chi connectivity index (χ3v) is 5.51. The van der Waals surface area contributed by atoms with Crippen LogP contribution in [0.4, 0.5) is 15.9 Å². The molecule has 9 heteroatoms. The molecule has 0 saturated heterocycles. The van der Waals surface area contributed by atoms with Crippen LogP contribution < -0.4 is 10.6 Å². The highest BCUT2D eigenvalue weighted by atomic mass is 19.1. The summed E-state index contributed by atoms with van der Waals surface area (Å²) in [7, 11) is 0. The van der Waals surface area contributed by atoms with E-state index in [1.54, 1.807) is 0 Å². The van der Waals surface area contributed by atoms with Crippen LogP contribution in [-0.4, -0.2) is 26.6 Å². The number of nitriles is 1. The first-order valence-corrected chi connectivity index (χ1v) is 11.0. The van der Waals surface area contributed by atoms with Crippen molar-refractivity contribution in [3.05, 3.63) is 76.7 Å². The van der Waals surface area contributed by atoms with Crippen molar-refractivity contribution in [3.63, 3.8) is 0 Å². The van der Waals surface area contributed by atoms with Crippen molar-refractivity contribution in [2.45, 2.75) is 33.6 Å². The molecule has 0 radical (unpaired) electrons. The predicted molar refractivity (Wildman–Crippen MR) is 131 cm³/mol. The molecule has 8 nitrogen and oxygen atoms in total. The second kappa shape index (κ2) is 9.73. The largest absolute Gasteiger partial charge is 0.326 e. The zero-order valence-electron chi connectivity index (χ0n) is 19.5. The number of hydrogen-bond acceptors (Lipinski definition) is 5. The predicted octanol–water partition coefficient (Wildman–Crippen LogP) is 4.71. The van der Waals surface area contributed by atoms with Crippen LogP contribution in [0.15, 0.2) is 48.7 Å². The van der Waals surface area contributed by atoms with Gasteiger partial charge in [0, 0.05) is 23.9 Å². The van der Waals surface area contributed by atoms with E-state index < -0.39 is 17.6 Å². The van der Waals surface area contributed by atoms with E-state index in [0.29, 0.717) is 11.5 Å². The standard InChI is InChI=1S/C26H23FN6O2/c1-15-10-17(3)25-21(11-15)16(2)12-22(31-25)33-26(18(13-28)14-29-33)32-24(35)9-8-23(34)30-20-6-4-19(27)5-7-20/h4-7,10-12,14H,8-9H2,1-3H3,(H,30,34)(H,32,35). The number of amides is 2. The van der Waals surface area contributed by atoms with E-state index in [4.69, 9.17) is 4.98 Å². The van der Waals surface area contributed by atoms with Crippen molar-refractivity contribution in [1.29, 1.82) is 5.26 Å². The number of rotatable bonds is 6. The van der Waals surface area contributed by atoms with Crippen molar-refractivity contribution < 1.29 is 14.0 Å². The summed E-state index contributed by atoms with van der Waals surface area (Å²) in [5, 5.41) is 20.1. The van der Waals surface area contributed by atoms with Crippen LogP contribution in [0.3, 0.4) is 0 Å². The first-order chi connectivity index (χ1) is 16.7. The van der Waals surface area contributed by atoms with E-state index in [1.807, 2.05) is 39.0 Å². The summed E-state index contributed by atoms with van der Waals surface area (Å²) in [6, 6.07) is 13.3. The van der Waals surface area contributed by atoms with Gasteiger partial charge in [-0.3, -0.25) is 9.59 Å². The van der Waals surface area contributed by atoms with E-state index in [9.17, 15) is 19.2 Å². The lowest BCUT2D eigenvalue weighted by molar-refractivity contribution is -0.121. The summed E-state index contributed by atoms with van der Waals surface area (Å²) in [6.07, 6.45) is 1.15. The minimum absolute atomic E-state index is 0.0922. The molecule has 0 bridgehead atoms. The molecule has 0 aliphatic rings. The second-order valence-corrected chi connectivity index (χ2v) is 8.31. The maximum absolute atomic E-state index is 13.0. The highest BCUT2D eigenvalue weighted by Crippen LogP contribution is 2.26. The maximum Gasteiger partial charge on any atom is 0.226 e. The molecular formula is C26H23FN6O2. The van der Waals surface area contributed by atoms with E-state index in [-0.39, 0.29) is 24.2 Å². The van der Waals surface area contributed by atoms with Gasteiger partial charge in [-0.25, -0.2) is 9.37 Å². The molecule has 0 spiro atoms. The minimum atomic E-state index is -0.457. The Labute approximate surface area is 201 Å². The zero-order chi connectivity index (χ0) is 25.1. The van der Waals surface area contributed by atoms with Gasteiger partial charge in [0.15, 0.2) is 11.6 Å². The smallest absolute Gasteiger partial charge is 0.226 e. The van der Waals surface area contributed by atoms with Gasteiger partial charge in [0.05, 0.1) is 11.7 Å². The number of halogens is 1. The van der Waals surface area contributed by atoms with Crippen LogP contribution in [0.2, 0.25) is 0 Å². The Kier molecular flexibility index (Phi) is 6.55. The quantitative estimate of drug-likeness (QED) is 0.424. The molecule has 2 heterocycles. The van der Waals surface area contributed by atoms with Gasteiger partial charge in [-0.05, 0) is 68.3 Å². The Bertz CT molecular complexity index is 1480. The van der Waals surface area contributed by atoms with Crippen LogP contribution in [0, 0.1) is 37.9 Å². The molecule has 2 N–H and O–H groups in total. The van der Waals surface area contributed by atoms with Gasteiger partial charge in [-0.15, -0.1) is 0 Å². The molecule has 0 unspecified atom stereocenters. The van der Waals surface area contributed by atoms with Crippen LogP contribution in [0.1, 0.15) is 35.1 Å². The van der Waals surface area contributed by atoms with Crippen LogP contribution in [0.25, 0.3) is 16.7 Å². The van der Waals surface area contributed by atoms with Gasteiger partial charge in [-0.2, -0.15) is 15.0 Å². The third kappa shape index (κ3) is 5.17. The fourth-order valence-corrected chi connectivity index (χ4v) is 3.84. The van der Waals surface area contributed by atoms with E-state index in [0.717, 1.165) is 27.6 Å². The monoisotopic (exact) mass is 470 g/mol. The van der Waals surface area contributed by atoms with Crippen molar-refractivity contribution in [2.75, 3.05) is 10.6 Å². The Morgan fingerprint density at radius 3 is 2.37 bits per heavy atom. The summed E-state index contributed by atoms with van der Waals surface area (Å²) in [5.41, 5.74) is 4.55. The molecule has 0 aliphatic carbocycles. The molecule has 2 aromatic carbocycles. The molecule has 0 fully saturated rings. The Morgan fingerprint density at radius 2 is 1.69 bits per heavy atom. The van der Waals surface area contributed by atoms with Crippen molar-refractivity contribution >= 4 is 34.2 Å². The lowest BCUT2D eigenvalue weighted by Gasteiger charge is -2.13. The first kappa shape index (κ1) is 23.6. The fraction of sp³-hybridized carbons (Fsp3) is 0.192. The molecule has 0 saturated carbocycles. The molecule has 4 rings (SSSR count). The zero-order valence-corrected chi connectivity index (χ0v) is 19.5. The third-order valence-electron chi connectivity index (χ3n) is 5.51. The lowest BCUT2D eigenvalue weighted by Crippen LogP contribution is -2.19. The Balaban J connectivity index is 1.53. The minimum Gasteiger partial charge on any atom is -0.326 e. The molecule has 2 aromatic heterocycles. The molecule has 176 valence electrons. The first-order valence-electron chi connectivity index (χ1n) is 11.0. The summed E-state index contributed by atoms with van der Waals surface area (Å²) in [4.78, 5) is 29.5. The van der Waals surface area contributed by atoms with Gasteiger partial charge in [0.25, 0.3) is 0 Å². The number of benzene rings is 2. The van der Waals surface area contributed by atoms with Gasteiger partial charge in [-0.1, -0.05) is 11.6 Å². The number of nitrogens with one attached hydrogen (secondary N) is 2. The van der Waals surface area contributed by atoms with Gasteiger partial charge >= 0.3 is 0 Å². The van der Waals surface area contributed by atoms with Crippen LogP contribution >= 0.6 is 0 Å². The normalized spacial score (nSPS) is 10.7. The number of aromatic nitrogens is 3. The molecule has 35 heavy (non-hydrogen) atoms. The number of nitrogens with zero attached hydrogens (tertiary/aromatic N) is 4. The molecule has 4 aromatic rings. The molecule has 0 aliphatic heterocycles. The SMILES string of the molecule is Cc1cc(C)c2nc(-n3ncc(C#N)c3NC(=O)CCC(=O)Nc3ccc(F)cc3)cc(C)c2c1. The number of fused-ring (bicyclic) bond motifs is 1. The van der Waals surface area contributed by atoms with Gasteiger partial charge in [0.1, 0.15) is 17.4 Å². The average Bonchev–Trinajstić information content (AvgIpc) is 3.22.